The summed E-state index contributed by atoms with van der Waals surface area (Å²) in [6.45, 7) is 5.21. The molecule has 3 N–H and O–H groups in total. The molecule has 0 aliphatic heterocycles. The van der Waals surface area contributed by atoms with Gasteiger partial charge in [0.2, 0.25) is 5.95 Å². The zero-order chi connectivity index (χ0) is 16.6. The number of nitrogens with two attached hydrogens (primary N) is 1. The number of aryl methyl sites for hydroxylation is 2. The van der Waals surface area contributed by atoms with Crippen LogP contribution in [0, 0.1) is 13.8 Å². The smallest absolute Gasteiger partial charge is 0.264 e. The molecular formula is C17H20N4OS. The lowest BCUT2D eigenvalue weighted by Crippen LogP contribution is -2.24. The summed E-state index contributed by atoms with van der Waals surface area (Å²) in [5.74, 6) is 0.557. The van der Waals surface area contributed by atoms with Gasteiger partial charge in [-0.25, -0.2) is 4.98 Å². The molecule has 0 bridgehead atoms. The van der Waals surface area contributed by atoms with Crippen molar-refractivity contribution in [2.24, 2.45) is 12.8 Å². The quantitative estimate of drug-likeness (QED) is 0.772. The van der Waals surface area contributed by atoms with Gasteiger partial charge in [-0.05, 0) is 25.0 Å². The maximum atomic E-state index is 12.8. The van der Waals surface area contributed by atoms with Crippen molar-refractivity contribution in [3.63, 3.8) is 0 Å². The van der Waals surface area contributed by atoms with E-state index in [9.17, 15) is 4.79 Å². The van der Waals surface area contributed by atoms with Gasteiger partial charge in [0.05, 0.1) is 5.39 Å². The van der Waals surface area contributed by atoms with Gasteiger partial charge < -0.3 is 11.1 Å². The monoisotopic (exact) mass is 328 g/mol. The molecule has 6 heteroatoms. The van der Waals surface area contributed by atoms with Crippen LogP contribution in [0.5, 0.6) is 0 Å². The zero-order valence-electron chi connectivity index (χ0n) is 13.5. The van der Waals surface area contributed by atoms with Crippen LogP contribution in [-0.2, 0) is 7.05 Å². The summed E-state index contributed by atoms with van der Waals surface area (Å²) in [4.78, 5) is 18.1. The molecule has 0 spiro atoms. The van der Waals surface area contributed by atoms with Crippen molar-refractivity contribution in [3.8, 4) is 11.1 Å². The Balaban J connectivity index is 2.21. The Hall–Kier alpha value is -2.18. The fourth-order valence-electron chi connectivity index (χ4n) is 2.73. The van der Waals surface area contributed by atoms with Gasteiger partial charge in [-0.3, -0.25) is 9.36 Å². The summed E-state index contributed by atoms with van der Waals surface area (Å²) in [5.41, 5.74) is 9.90. The number of nitrogens with zero attached hydrogens (tertiary/aromatic N) is 2. The lowest BCUT2D eigenvalue weighted by atomic mass is 9.99. The number of rotatable bonds is 4. The minimum Gasteiger partial charge on any atom is -0.354 e. The fourth-order valence-corrected chi connectivity index (χ4v) is 3.66. The Morgan fingerprint density at radius 2 is 2.09 bits per heavy atom. The highest BCUT2D eigenvalue weighted by atomic mass is 32.1. The first-order valence-corrected chi connectivity index (χ1v) is 8.40. The van der Waals surface area contributed by atoms with Crippen LogP contribution in [0.1, 0.15) is 11.1 Å². The van der Waals surface area contributed by atoms with Gasteiger partial charge in [0.15, 0.2) is 0 Å². The van der Waals surface area contributed by atoms with E-state index in [4.69, 9.17) is 5.73 Å². The van der Waals surface area contributed by atoms with E-state index in [0.29, 0.717) is 24.4 Å². The summed E-state index contributed by atoms with van der Waals surface area (Å²) < 4.78 is 1.55. The van der Waals surface area contributed by atoms with Gasteiger partial charge in [-0.1, -0.05) is 23.8 Å². The Kier molecular flexibility index (Phi) is 4.19. The highest BCUT2D eigenvalue weighted by Crippen LogP contribution is 2.33. The third kappa shape index (κ3) is 2.75. The second kappa shape index (κ2) is 6.14. The van der Waals surface area contributed by atoms with E-state index in [1.54, 1.807) is 11.6 Å². The molecule has 2 aromatic heterocycles. The van der Waals surface area contributed by atoms with Gasteiger partial charge in [0.25, 0.3) is 5.56 Å². The summed E-state index contributed by atoms with van der Waals surface area (Å²) in [7, 11) is 1.73. The molecule has 23 heavy (non-hydrogen) atoms. The Labute approximate surface area is 138 Å². The average molecular weight is 328 g/mol. The van der Waals surface area contributed by atoms with Crippen molar-refractivity contribution in [2.75, 3.05) is 18.4 Å². The van der Waals surface area contributed by atoms with Crippen molar-refractivity contribution in [3.05, 3.63) is 45.1 Å². The summed E-state index contributed by atoms with van der Waals surface area (Å²) in [6.07, 6.45) is 0. The number of hydrogen-bond acceptors (Lipinski definition) is 5. The molecule has 3 rings (SSSR count). The minimum atomic E-state index is -0.0363. The number of hydrogen-bond donors (Lipinski definition) is 2. The standard InChI is InChI=1S/C17H20N4OS/c1-10-4-5-12(11(2)8-10)13-9-23-15-14(13)16(22)21(3)17(20-15)19-7-6-18/h4-5,8-9H,6-7,18H2,1-3H3,(H,19,20). The maximum Gasteiger partial charge on any atom is 0.264 e. The Bertz CT molecular complexity index is 926. The Morgan fingerprint density at radius 3 is 2.78 bits per heavy atom. The molecule has 0 saturated heterocycles. The van der Waals surface area contributed by atoms with Crippen molar-refractivity contribution in [1.82, 2.24) is 9.55 Å². The van der Waals surface area contributed by atoms with Gasteiger partial charge in [0.1, 0.15) is 4.83 Å². The highest BCUT2D eigenvalue weighted by molar-refractivity contribution is 7.17. The summed E-state index contributed by atoms with van der Waals surface area (Å²) in [5, 5.41) is 5.80. The molecule has 0 radical (unpaired) electrons. The molecule has 0 unspecified atom stereocenters. The zero-order valence-corrected chi connectivity index (χ0v) is 14.3. The van der Waals surface area contributed by atoms with Gasteiger partial charge in [-0.15, -0.1) is 11.3 Å². The molecule has 0 atom stereocenters. The number of thiophene rings is 1. The van der Waals surface area contributed by atoms with E-state index >= 15 is 0 Å². The van der Waals surface area contributed by atoms with Crippen molar-refractivity contribution < 1.29 is 0 Å². The first kappa shape index (κ1) is 15.7. The van der Waals surface area contributed by atoms with Crippen molar-refractivity contribution in [2.45, 2.75) is 13.8 Å². The topological polar surface area (TPSA) is 72.9 Å². The molecule has 0 amide bonds. The van der Waals surface area contributed by atoms with Crippen LogP contribution >= 0.6 is 11.3 Å². The van der Waals surface area contributed by atoms with Crippen LogP contribution in [0.4, 0.5) is 5.95 Å². The first-order valence-electron chi connectivity index (χ1n) is 7.52. The van der Waals surface area contributed by atoms with Crippen molar-refractivity contribution in [1.29, 1.82) is 0 Å². The lowest BCUT2D eigenvalue weighted by molar-refractivity contribution is 0.837. The largest absolute Gasteiger partial charge is 0.354 e. The van der Waals surface area contributed by atoms with Gasteiger partial charge >= 0.3 is 0 Å². The molecular weight excluding hydrogens is 308 g/mol. The normalized spacial score (nSPS) is 11.1. The molecule has 1 aromatic carbocycles. The number of fused-ring (bicyclic) bond motifs is 1. The summed E-state index contributed by atoms with van der Waals surface area (Å²) in [6, 6.07) is 6.28. The SMILES string of the molecule is Cc1ccc(-c2csc3nc(NCCN)n(C)c(=O)c23)c(C)c1. The molecule has 0 fully saturated rings. The van der Waals surface area contributed by atoms with Crippen LogP contribution in [0.2, 0.25) is 0 Å². The molecule has 120 valence electrons. The number of aromatic nitrogens is 2. The van der Waals surface area contributed by atoms with E-state index < -0.39 is 0 Å². The molecule has 0 aliphatic rings. The number of benzene rings is 1. The minimum absolute atomic E-state index is 0.0363. The van der Waals surface area contributed by atoms with Crippen LogP contribution in [0.25, 0.3) is 21.3 Å². The van der Waals surface area contributed by atoms with Crippen LogP contribution in [0.3, 0.4) is 0 Å². The number of nitrogens with one attached hydrogen (secondary N) is 1. The van der Waals surface area contributed by atoms with Crippen LogP contribution < -0.4 is 16.6 Å². The Morgan fingerprint density at radius 1 is 1.30 bits per heavy atom. The van der Waals surface area contributed by atoms with Gasteiger partial charge in [0, 0.05) is 31.1 Å². The van der Waals surface area contributed by atoms with Crippen LogP contribution in [-0.4, -0.2) is 22.6 Å². The van der Waals surface area contributed by atoms with E-state index in [0.717, 1.165) is 21.5 Å². The predicted molar refractivity (Wildman–Crippen MR) is 97.3 cm³/mol. The van der Waals surface area contributed by atoms with Gasteiger partial charge in [-0.2, -0.15) is 0 Å². The van der Waals surface area contributed by atoms with E-state index in [-0.39, 0.29) is 5.56 Å². The van der Waals surface area contributed by atoms with E-state index in [2.05, 4.69) is 42.3 Å². The second-order valence-corrected chi connectivity index (χ2v) is 6.52. The first-order chi connectivity index (χ1) is 11.0. The van der Waals surface area contributed by atoms with E-state index in [1.165, 1.54) is 16.9 Å². The van der Waals surface area contributed by atoms with Crippen molar-refractivity contribution >= 4 is 27.5 Å². The van der Waals surface area contributed by atoms with E-state index in [1.807, 2.05) is 5.38 Å². The highest BCUT2D eigenvalue weighted by Gasteiger charge is 2.16. The lowest BCUT2D eigenvalue weighted by Gasteiger charge is -2.10. The molecule has 2 heterocycles. The predicted octanol–water partition coefficient (Wildman–Crippen LogP) is 2.65. The third-order valence-electron chi connectivity index (χ3n) is 3.91. The molecule has 3 aromatic rings. The second-order valence-electron chi connectivity index (χ2n) is 5.66. The average Bonchev–Trinajstić information content (AvgIpc) is 2.93. The fraction of sp³-hybridized carbons (Fsp3) is 0.294. The maximum absolute atomic E-state index is 12.8. The van der Waals surface area contributed by atoms with Crippen LogP contribution in [0.15, 0.2) is 28.4 Å². The molecule has 0 saturated carbocycles. The molecule has 5 nitrogen and oxygen atoms in total. The third-order valence-corrected chi connectivity index (χ3v) is 4.79. The summed E-state index contributed by atoms with van der Waals surface area (Å²) >= 11 is 1.50. The molecule has 0 aliphatic carbocycles. The number of anilines is 1.